The summed E-state index contributed by atoms with van der Waals surface area (Å²) in [5.74, 6) is 0.831. The standard InChI is InChI=1S/C20H21N3O4.ClH/c24-19(13-7-8-21-12-13)23-16-4-2-1-3-15(16)20(25)22-14-5-6-17-18(11-14)27-10-9-26-17;/h1-6,11,13,21H,7-10,12H2,(H,22,25)(H,23,24);1H. The van der Waals surface area contributed by atoms with Crippen molar-refractivity contribution < 1.29 is 19.1 Å². The van der Waals surface area contributed by atoms with Crippen LogP contribution in [0.15, 0.2) is 42.5 Å². The van der Waals surface area contributed by atoms with E-state index in [4.69, 9.17) is 9.47 Å². The topological polar surface area (TPSA) is 88.7 Å². The number of halogens is 1. The van der Waals surface area contributed by atoms with Crippen molar-refractivity contribution in [3.05, 3.63) is 48.0 Å². The second-order valence-electron chi connectivity index (χ2n) is 6.54. The van der Waals surface area contributed by atoms with Crippen molar-refractivity contribution in [2.45, 2.75) is 6.42 Å². The lowest BCUT2D eigenvalue weighted by molar-refractivity contribution is -0.119. The smallest absolute Gasteiger partial charge is 0.257 e. The van der Waals surface area contributed by atoms with Crippen LogP contribution in [-0.4, -0.2) is 38.1 Å². The van der Waals surface area contributed by atoms with Crippen LogP contribution in [-0.2, 0) is 4.79 Å². The molecule has 0 aromatic heterocycles. The minimum Gasteiger partial charge on any atom is -0.486 e. The summed E-state index contributed by atoms with van der Waals surface area (Å²) < 4.78 is 11.0. The molecule has 0 aliphatic carbocycles. The molecule has 2 aliphatic rings. The zero-order chi connectivity index (χ0) is 18.6. The maximum Gasteiger partial charge on any atom is 0.257 e. The molecule has 7 nitrogen and oxygen atoms in total. The van der Waals surface area contributed by atoms with Crippen LogP contribution in [0.3, 0.4) is 0 Å². The maximum atomic E-state index is 12.8. The van der Waals surface area contributed by atoms with Gasteiger partial charge < -0.3 is 25.4 Å². The first-order chi connectivity index (χ1) is 13.2. The molecular weight excluding hydrogens is 382 g/mol. The predicted molar refractivity (Wildman–Crippen MR) is 109 cm³/mol. The molecule has 28 heavy (non-hydrogen) atoms. The fourth-order valence-corrected chi connectivity index (χ4v) is 3.22. The van der Waals surface area contributed by atoms with E-state index in [2.05, 4.69) is 16.0 Å². The Morgan fingerprint density at radius 3 is 2.57 bits per heavy atom. The van der Waals surface area contributed by atoms with E-state index in [-0.39, 0.29) is 30.1 Å². The molecule has 8 heteroatoms. The van der Waals surface area contributed by atoms with Gasteiger partial charge in [0.05, 0.1) is 17.2 Å². The number of carbonyl (C=O) groups excluding carboxylic acids is 2. The van der Waals surface area contributed by atoms with Crippen LogP contribution in [0, 0.1) is 5.92 Å². The third-order valence-electron chi connectivity index (χ3n) is 4.66. The first-order valence-corrected chi connectivity index (χ1v) is 9.02. The van der Waals surface area contributed by atoms with Gasteiger partial charge in [0.1, 0.15) is 13.2 Å². The lowest BCUT2D eigenvalue weighted by Gasteiger charge is -2.19. The lowest BCUT2D eigenvalue weighted by Crippen LogP contribution is -2.26. The van der Waals surface area contributed by atoms with Crippen LogP contribution in [0.25, 0.3) is 0 Å². The summed E-state index contributed by atoms with van der Waals surface area (Å²) in [6, 6.07) is 12.3. The second kappa shape index (κ2) is 8.95. The van der Waals surface area contributed by atoms with E-state index in [0.29, 0.717) is 48.2 Å². The van der Waals surface area contributed by atoms with Crippen LogP contribution >= 0.6 is 12.4 Å². The van der Waals surface area contributed by atoms with E-state index in [1.807, 2.05) is 0 Å². The number of para-hydroxylation sites is 1. The molecule has 0 radical (unpaired) electrons. The van der Waals surface area contributed by atoms with Crippen LogP contribution in [0.2, 0.25) is 0 Å². The Labute approximate surface area is 169 Å². The Kier molecular flexibility index (Phi) is 6.38. The highest BCUT2D eigenvalue weighted by Crippen LogP contribution is 2.33. The van der Waals surface area contributed by atoms with E-state index < -0.39 is 0 Å². The summed E-state index contributed by atoms with van der Waals surface area (Å²) in [5, 5.41) is 8.91. The maximum absolute atomic E-state index is 12.8. The van der Waals surface area contributed by atoms with Gasteiger partial charge in [0.25, 0.3) is 5.91 Å². The lowest BCUT2D eigenvalue weighted by atomic mass is 10.1. The van der Waals surface area contributed by atoms with Crippen molar-refractivity contribution in [1.82, 2.24) is 5.32 Å². The molecule has 0 saturated carbocycles. The summed E-state index contributed by atoms with van der Waals surface area (Å²) >= 11 is 0. The minimum atomic E-state index is -0.299. The third-order valence-corrected chi connectivity index (χ3v) is 4.66. The van der Waals surface area contributed by atoms with Gasteiger partial charge >= 0.3 is 0 Å². The number of nitrogens with one attached hydrogen (secondary N) is 3. The van der Waals surface area contributed by atoms with Crippen molar-refractivity contribution >= 4 is 35.6 Å². The summed E-state index contributed by atoms with van der Waals surface area (Å²) in [6.07, 6.45) is 0.803. The SMILES string of the molecule is Cl.O=C(Nc1ccc2c(c1)OCCO2)c1ccccc1NC(=O)C1CCNC1. The van der Waals surface area contributed by atoms with Crippen LogP contribution in [0.1, 0.15) is 16.8 Å². The Bertz CT molecular complexity index is 868. The Balaban J connectivity index is 0.00000225. The minimum absolute atomic E-state index is 0. The van der Waals surface area contributed by atoms with Gasteiger partial charge in [-0.2, -0.15) is 0 Å². The zero-order valence-corrected chi connectivity index (χ0v) is 16.0. The van der Waals surface area contributed by atoms with Gasteiger partial charge in [-0.3, -0.25) is 9.59 Å². The van der Waals surface area contributed by atoms with Crippen molar-refractivity contribution in [3.63, 3.8) is 0 Å². The highest BCUT2D eigenvalue weighted by Gasteiger charge is 2.24. The molecule has 2 aliphatic heterocycles. The molecule has 0 bridgehead atoms. The van der Waals surface area contributed by atoms with Crippen molar-refractivity contribution in [2.24, 2.45) is 5.92 Å². The molecule has 4 rings (SSSR count). The molecule has 2 heterocycles. The van der Waals surface area contributed by atoms with Crippen molar-refractivity contribution in [3.8, 4) is 11.5 Å². The summed E-state index contributed by atoms with van der Waals surface area (Å²) in [6.45, 7) is 2.50. The first-order valence-electron chi connectivity index (χ1n) is 9.02. The van der Waals surface area contributed by atoms with Gasteiger partial charge in [0.2, 0.25) is 5.91 Å². The van der Waals surface area contributed by atoms with Crippen LogP contribution in [0.5, 0.6) is 11.5 Å². The Morgan fingerprint density at radius 2 is 1.79 bits per heavy atom. The van der Waals surface area contributed by atoms with Crippen LogP contribution < -0.4 is 25.4 Å². The molecule has 1 unspecified atom stereocenters. The van der Waals surface area contributed by atoms with Gasteiger partial charge in [0.15, 0.2) is 11.5 Å². The monoisotopic (exact) mass is 403 g/mol. The Hall–Kier alpha value is -2.77. The normalized spacial score (nSPS) is 17.4. The van der Waals surface area contributed by atoms with Crippen molar-refractivity contribution in [2.75, 3.05) is 36.9 Å². The fraction of sp³-hybridized carbons (Fsp3) is 0.300. The number of hydrogen-bond donors (Lipinski definition) is 3. The molecule has 1 fully saturated rings. The first kappa shape index (κ1) is 20.0. The highest BCUT2D eigenvalue weighted by molar-refractivity contribution is 6.10. The van der Waals surface area contributed by atoms with E-state index in [1.54, 1.807) is 42.5 Å². The fourth-order valence-electron chi connectivity index (χ4n) is 3.22. The van der Waals surface area contributed by atoms with Crippen LogP contribution in [0.4, 0.5) is 11.4 Å². The number of amides is 2. The van der Waals surface area contributed by atoms with Gasteiger partial charge in [-0.05, 0) is 37.2 Å². The van der Waals surface area contributed by atoms with Gasteiger partial charge in [0, 0.05) is 18.3 Å². The molecule has 0 spiro atoms. The number of rotatable bonds is 4. The van der Waals surface area contributed by atoms with Gasteiger partial charge in [-0.25, -0.2) is 0 Å². The van der Waals surface area contributed by atoms with E-state index >= 15 is 0 Å². The molecule has 1 atom stereocenters. The van der Waals surface area contributed by atoms with Gasteiger partial charge in [-0.15, -0.1) is 12.4 Å². The quantitative estimate of drug-likeness (QED) is 0.730. The number of fused-ring (bicyclic) bond motifs is 1. The molecule has 2 amide bonds. The second-order valence-corrected chi connectivity index (χ2v) is 6.54. The average molecular weight is 404 g/mol. The molecule has 148 valence electrons. The van der Waals surface area contributed by atoms with Gasteiger partial charge in [-0.1, -0.05) is 12.1 Å². The van der Waals surface area contributed by atoms with E-state index in [0.717, 1.165) is 13.0 Å². The molecule has 3 N–H and O–H groups in total. The molecule has 1 saturated heterocycles. The number of anilines is 2. The number of carbonyl (C=O) groups is 2. The zero-order valence-electron chi connectivity index (χ0n) is 15.2. The largest absolute Gasteiger partial charge is 0.486 e. The number of ether oxygens (including phenoxy) is 2. The highest BCUT2D eigenvalue weighted by atomic mass is 35.5. The summed E-state index contributed by atoms with van der Waals surface area (Å²) in [4.78, 5) is 25.2. The van der Waals surface area contributed by atoms with E-state index in [9.17, 15) is 9.59 Å². The number of hydrogen-bond acceptors (Lipinski definition) is 5. The molecule has 2 aromatic carbocycles. The molecule has 2 aromatic rings. The molecular formula is C20H22ClN3O4. The predicted octanol–water partition coefficient (Wildman–Crippen LogP) is 2.68. The third kappa shape index (κ3) is 4.37. The number of benzene rings is 2. The Morgan fingerprint density at radius 1 is 1.00 bits per heavy atom. The summed E-state index contributed by atoms with van der Waals surface area (Å²) in [5.41, 5.74) is 1.52. The average Bonchev–Trinajstić information content (AvgIpc) is 3.23. The van der Waals surface area contributed by atoms with Crippen molar-refractivity contribution in [1.29, 1.82) is 0 Å². The van der Waals surface area contributed by atoms with E-state index in [1.165, 1.54) is 0 Å². The summed E-state index contributed by atoms with van der Waals surface area (Å²) in [7, 11) is 0.